The Kier molecular flexibility index (Phi) is 5.15. The Morgan fingerprint density at radius 3 is 2.14 bits per heavy atom. The third-order valence-corrected chi connectivity index (χ3v) is 10.8. The number of fused-ring (bicyclic) bond motifs is 10. The molecule has 3 aromatic heterocycles. The summed E-state index contributed by atoms with van der Waals surface area (Å²) >= 11 is 0. The van der Waals surface area contributed by atoms with Crippen LogP contribution in [0.15, 0.2) is 144 Å². The smallest absolute Gasteiger partial charge is 0.235 e. The molecule has 7 aromatic carbocycles. The Morgan fingerprint density at radius 2 is 1.24 bits per heavy atom. The molecule has 10 aromatic rings. The van der Waals surface area contributed by atoms with Gasteiger partial charge in [-0.05, 0) is 51.7 Å². The molecule has 0 atom stereocenters. The van der Waals surface area contributed by atoms with Crippen molar-refractivity contribution in [3.8, 4) is 28.3 Å². The highest BCUT2D eigenvalue weighted by atomic mass is 16.3. The van der Waals surface area contributed by atoms with Crippen LogP contribution < -0.4 is 0 Å². The van der Waals surface area contributed by atoms with Crippen molar-refractivity contribution in [1.29, 1.82) is 0 Å². The van der Waals surface area contributed by atoms with Crippen molar-refractivity contribution in [2.75, 3.05) is 0 Å². The third-order valence-electron chi connectivity index (χ3n) is 10.8. The van der Waals surface area contributed by atoms with Crippen LogP contribution in [0.4, 0.5) is 0 Å². The Morgan fingerprint density at radius 1 is 0.531 bits per heavy atom. The van der Waals surface area contributed by atoms with Crippen molar-refractivity contribution in [2.45, 2.75) is 19.3 Å². The van der Waals surface area contributed by atoms with E-state index in [0.717, 1.165) is 55.1 Å². The van der Waals surface area contributed by atoms with Gasteiger partial charge in [0.15, 0.2) is 0 Å². The minimum absolute atomic E-state index is 0.202. The Bertz CT molecular complexity index is 3030. The maximum atomic E-state index is 6.33. The van der Waals surface area contributed by atoms with Crippen LogP contribution in [-0.4, -0.2) is 14.5 Å². The van der Waals surface area contributed by atoms with E-state index in [1.165, 1.54) is 43.8 Å². The van der Waals surface area contributed by atoms with E-state index in [1.807, 2.05) is 18.2 Å². The molecular weight excluding hydrogens is 599 g/mol. The summed E-state index contributed by atoms with van der Waals surface area (Å²) in [7, 11) is 0. The molecule has 11 rings (SSSR count). The quantitative estimate of drug-likeness (QED) is 0.192. The van der Waals surface area contributed by atoms with Crippen LogP contribution in [0.3, 0.4) is 0 Å². The van der Waals surface area contributed by atoms with Crippen molar-refractivity contribution >= 4 is 65.4 Å². The van der Waals surface area contributed by atoms with Crippen molar-refractivity contribution in [2.24, 2.45) is 0 Å². The van der Waals surface area contributed by atoms with Crippen LogP contribution in [0, 0.1) is 0 Å². The molecule has 0 radical (unpaired) electrons. The Labute approximate surface area is 281 Å². The summed E-state index contributed by atoms with van der Waals surface area (Å²) in [6, 6.07) is 49.6. The molecule has 230 valence electrons. The number of furan rings is 1. The second-order valence-corrected chi connectivity index (χ2v) is 13.7. The standard InChI is InChI=1S/C45H29N3O/c1-45(2)33-19-10-13-26-12-9-17-31(39(26)33)41-34(45)25-24-28-27-14-4-7-21-36(27)48(43(28)41)44-46-35-20-6-3-15-29(35)42(47-44)32-18-11-23-38-40(32)30-16-5-8-22-37(30)49-38/h3-25H,1-2H3. The van der Waals surface area contributed by atoms with E-state index in [1.54, 1.807) is 0 Å². The first-order chi connectivity index (χ1) is 24.1. The fraction of sp³-hybridized carbons (Fsp3) is 0.0667. The van der Waals surface area contributed by atoms with Crippen LogP contribution in [-0.2, 0) is 5.41 Å². The fourth-order valence-corrected chi connectivity index (χ4v) is 8.62. The van der Waals surface area contributed by atoms with Gasteiger partial charge in [-0.2, -0.15) is 0 Å². The normalized spacial score (nSPS) is 13.7. The number of hydrogen-bond acceptors (Lipinski definition) is 3. The van der Waals surface area contributed by atoms with Crippen molar-refractivity contribution in [1.82, 2.24) is 14.5 Å². The van der Waals surface area contributed by atoms with E-state index in [9.17, 15) is 0 Å². The summed E-state index contributed by atoms with van der Waals surface area (Å²) < 4.78 is 8.65. The highest BCUT2D eigenvalue weighted by Crippen LogP contribution is 2.52. The molecule has 0 amide bonds. The van der Waals surface area contributed by atoms with E-state index >= 15 is 0 Å². The zero-order chi connectivity index (χ0) is 32.4. The van der Waals surface area contributed by atoms with Gasteiger partial charge in [0.25, 0.3) is 0 Å². The molecule has 0 aliphatic heterocycles. The summed E-state index contributed by atoms with van der Waals surface area (Å²) in [6.45, 7) is 4.71. The van der Waals surface area contributed by atoms with Gasteiger partial charge in [-0.1, -0.05) is 129 Å². The minimum Gasteiger partial charge on any atom is -0.456 e. The second-order valence-electron chi connectivity index (χ2n) is 13.7. The first-order valence-electron chi connectivity index (χ1n) is 16.8. The van der Waals surface area contributed by atoms with Crippen LogP contribution >= 0.6 is 0 Å². The maximum Gasteiger partial charge on any atom is 0.235 e. The molecule has 0 N–H and O–H groups in total. The van der Waals surface area contributed by atoms with E-state index < -0.39 is 0 Å². The van der Waals surface area contributed by atoms with E-state index in [2.05, 4.69) is 140 Å². The molecule has 0 bridgehead atoms. The van der Waals surface area contributed by atoms with Crippen LogP contribution in [0.5, 0.6) is 0 Å². The van der Waals surface area contributed by atoms with Crippen molar-refractivity contribution < 1.29 is 4.42 Å². The average molecular weight is 628 g/mol. The molecule has 0 saturated carbocycles. The molecule has 0 fully saturated rings. The molecule has 0 unspecified atom stereocenters. The summed E-state index contributed by atoms with van der Waals surface area (Å²) in [6.07, 6.45) is 0. The molecule has 4 nitrogen and oxygen atoms in total. The van der Waals surface area contributed by atoms with Gasteiger partial charge < -0.3 is 4.42 Å². The van der Waals surface area contributed by atoms with E-state index in [4.69, 9.17) is 14.4 Å². The van der Waals surface area contributed by atoms with E-state index in [0.29, 0.717) is 5.95 Å². The lowest BCUT2D eigenvalue weighted by atomic mass is 9.68. The largest absolute Gasteiger partial charge is 0.456 e. The first kappa shape index (κ1) is 26.8. The number of rotatable bonds is 2. The fourth-order valence-electron chi connectivity index (χ4n) is 8.62. The van der Waals surface area contributed by atoms with Gasteiger partial charge in [-0.15, -0.1) is 0 Å². The van der Waals surface area contributed by atoms with Crippen molar-refractivity contribution in [3.05, 3.63) is 151 Å². The summed E-state index contributed by atoms with van der Waals surface area (Å²) in [5, 5.41) is 8.12. The maximum absolute atomic E-state index is 6.33. The molecule has 1 aliphatic rings. The van der Waals surface area contributed by atoms with Crippen LogP contribution in [0.1, 0.15) is 25.0 Å². The van der Waals surface area contributed by atoms with Gasteiger partial charge in [-0.25, -0.2) is 9.97 Å². The number of aromatic nitrogens is 3. The lowest BCUT2D eigenvalue weighted by Crippen LogP contribution is -2.24. The second kappa shape index (κ2) is 9.42. The predicted octanol–water partition coefficient (Wildman–Crippen LogP) is 11.8. The van der Waals surface area contributed by atoms with Gasteiger partial charge in [0.2, 0.25) is 5.95 Å². The first-order valence-corrected chi connectivity index (χ1v) is 16.8. The Balaban J connectivity index is 1.31. The molecular formula is C45H29N3O. The molecule has 1 aliphatic carbocycles. The molecule has 0 saturated heterocycles. The molecule has 3 heterocycles. The summed E-state index contributed by atoms with van der Waals surface area (Å²) in [5.74, 6) is 0.655. The van der Waals surface area contributed by atoms with Gasteiger partial charge >= 0.3 is 0 Å². The lowest BCUT2D eigenvalue weighted by molar-refractivity contribution is 0.646. The zero-order valence-electron chi connectivity index (χ0n) is 27.0. The lowest BCUT2D eigenvalue weighted by Gasteiger charge is -2.35. The summed E-state index contributed by atoms with van der Waals surface area (Å²) in [5.41, 5.74) is 11.7. The summed E-state index contributed by atoms with van der Waals surface area (Å²) in [4.78, 5) is 10.9. The highest BCUT2D eigenvalue weighted by molar-refractivity contribution is 6.18. The van der Waals surface area contributed by atoms with Gasteiger partial charge in [0.1, 0.15) is 11.2 Å². The topological polar surface area (TPSA) is 43.9 Å². The van der Waals surface area contributed by atoms with Gasteiger partial charge in [0, 0.05) is 43.5 Å². The number of nitrogens with zero attached hydrogens (tertiary/aromatic N) is 3. The van der Waals surface area contributed by atoms with Crippen LogP contribution in [0.2, 0.25) is 0 Å². The number of para-hydroxylation sites is 3. The molecule has 0 spiro atoms. The zero-order valence-corrected chi connectivity index (χ0v) is 27.0. The third kappa shape index (κ3) is 3.47. The van der Waals surface area contributed by atoms with Gasteiger partial charge in [-0.3, -0.25) is 4.57 Å². The predicted molar refractivity (Wildman–Crippen MR) is 202 cm³/mol. The Hall–Kier alpha value is -6.26. The van der Waals surface area contributed by atoms with Crippen LogP contribution in [0.25, 0.3) is 93.8 Å². The average Bonchev–Trinajstić information content (AvgIpc) is 3.69. The van der Waals surface area contributed by atoms with E-state index in [-0.39, 0.29) is 5.41 Å². The number of hydrogen-bond donors (Lipinski definition) is 0. The molecule has 4 heteroatoms. The monoisotopic (exact) mass is 627 g/mol. The number of benzene rings is 7. The highest BCUT2D eigenvalue weighted by Gasteiger charge is 2.36. The SMILES string of the molecule is CC1(C)c2ccc3c4ccccc4n(-c4nc(-c5cccc6oc7ccccc7c56)c5ccccc5n4)c3c2-c2cccc3cccc1c23. The molecule has 49 heavy (non-hydrogen) atoms. The van der Waals surface area contributed by atoms with Crippen molar-refractivity contribution in [3.63, 3.8) is 0 Å². The minimum atomic E-state index is -0.202. The van der Waals surface area contributed by atoms with Gasteiger partial charge in [0.05, 0.1) is 22.2 Å².